The second kappa shape index (κ2) is 7.36. The van der Waals surface area contributed by atoms with Crippen molar-refractivity contribution < 1.29 is 9.18 Å². The number of carbonyl (C=O) groups excluding carboxylic acids is 1. The van der Waals surface area contributed by atoms with Crippen molar-refractivity contribution in [3.8, 4) is 0 Å². The first kappa shape index (κ1) is 16.4. The van der Waals surface area contributed by atoms with Crippen LogP contribution in [0.5, 0.6) is 0 Å². The highest BCUT2D eigenvalue weighted by molar-refractivity contribution is 9.10. The van der Waals surface area contributed by atoms with Crippen LogP contribution in [-0.4, -0.2) is 5.91 Å². The summed E-state index contributed by atoms with van der Waals surface area (Å²) in [5.74, 6) is -0.367. The van der Waals surface area contributed by atoms with Crippen molar-refractivity contribution in [1.29, 1.82) is 0 Å². The molecule has 0 saturated heterocycles. The third-order valence-corrected chi connectivity index (χ3v) is 3.71. The molecule has 0 spiro atoms. The number of rotatable bonds is 4. The summed E-state index contributed by atoms with van der Waals surface area (Å²) in [7, 11) is 0. The number of amides is 1. The molecule has 0 fully saturated rings. The summed E-state index contributed by atoms with van der Waals surface area (Å²) in [5.41, 5.74) is 2.34. The Morgan fingerprint density at radius 2 is 1.86 bits per heavy atom. The van der Waals surface area contributed by atoms with E-state index < -0.39 is 5.82 Å². The zero-order valence-electron chi connectivity index (χ0n) is 12.4. The molecule has 2 aromatic rings. The van der Waals surface area contributed by atoms with Gasteiger partial charge in [-0.3, -0.25) is 4.79 Å². The van der Waals surface area contributed by atoms with Gasteiger partial charge in [0.25, 0.3) is 0 Å². The first-order chi connectivity index (χ1) is 10.5. The summed E-state index contributed by atoms with van der Waals surface area (Å²) >= 11 is 3.17. The van der Waals surface area contributed by atoms with Crippen molar-refractivity contribution >= 4 is 33.6 Å². The fourth-order valence-corrected chi connectivity index (χ4v) is 2.26. The van der Waals surface area contributed by atoms with Gasteiger partial charge < -0.3 is 5.32 Å². The SMILES string of the molecule is CC(C)c1ccc(/C=C\C(=O)Nc2ccc(Br)cc2F)cc1. The van der Waals surface area contributed by atoms with Crippen LogP contribution in [0.1, 0.15) is 30.9 Å². The lowest BCUT2D eigenvalue weighted by molar-refractivity contribution is -0.111. The van der Waals surface area contributed by atoms with Crippen LogP contribution in [0, 0.1) is 5.82 Å². The van der Waals surface area contributed by atoms with E-state index in [0.29, 0.717) is 10.4 Å². The van der Waals surface area contributed by atoms with Gasteiger partial charge in [-0.05, 0) is 41.3 Å². The largest absolute Gasteiger partial charge is 0.320 e. The van der Waals surface area contributed by atoms with Crippen LogP contribution >= 0.6 is 15.9 Å². The topological polar surface area (TPSA) is 29.1 Å². The maximum atomic E-state index is 13.6. The number of anilines is 1. The molecule has 2 nitrogen and oxygen atoms in total. The van der Waals surface area contributed by atoms with Crippen LogP contribution in [0.4, 0.5) is 10.1 Å². The summed E-state index contributed by atoms with van der Waals surface area (Å²) < 4.78 is 14.3. The van der Waals surface area contributed by atoms with Gasteiger partial charge in [-0.2, -0.15) is 0 Å². The fourth-order valence-electron chi connectivity index (χ4n) is 1.93. The van der Waals surface area contributed by atoms with Gasteiger partial charge in [0.05, 0.1) is 5.69 Å². The highest BCUT2D eigenvalue weighted by Crippen LogP contribution is 2.19. The smallest absolute Gasteiger partial charge is 0.248 e. The average molecular weight is 362 g/mol. The number of benzene rings is 2. The molecule has 0 aliphatic carbocycles. The van der Waals surface area contributed by atoms with E-state index in [0.717, 1.165) is 5.56 Å². The second-order valence-corrected chi connectivity index (χ2v) is 6.18. The van der Waals surface area contributed by atoms with E-state index in [4.69, 9.17) is 0 Å². The Balaban J connectivity index is 2.01. The molecule has 0 atom stereocenters. The Morgan fingerprint density at radius 3 is 2.45 bits per heavy atom. The number of nitrogens with one attached hydrogen (secondary N) is 1. The zero-order valence-corrected chi connectivity index (χ0v) is 14.0. The second-order valence-electron chi connectivity index (χ2n) is 5.27. The Hall–Kier alpha value is -1.94. The molecule has 0 heterocycles. The lowest BCUT2D eigenvalue weighted by Gasteiger charge is -2.05. The number of carbonyl (C=O) groups is 1. The van der Waals surface area contributed by atoms with Crippen LogP contribution in [0.25, 0.3) is 6.08 Å². The first-order valence-corrected chi connectivity index (χ1v) is 7.79. The van der Waals surface area contributed by atoms with E-state index in [1.165, 1.54) is 23.8 Å². The Kier molecular flexibility index (Phi) is 5.50. The van der Waals surface area contributed by atoms with Crippen molar-refractivity contribution in [3.05, 3.63) is 70.0 Å². The molecule has 4 heteroatoms. The molecular weight excluding hydrogens is 345 g/mol. The minimum Gasteiger partial charge on any atom is -0.320 e. The fraction of sp³-hybridized carbons (Fsp3) is 0.167. The maximum Gasteiger partial charge on any atom is 0.248 e. The standard InChI is InChI=1S/C18H17BrFNO/c1-12(2)14-6-3-13(4-7-14)5-10-18(22)21-17-9-8-15(19)11-16(17)20/h3-12H,1-2H3,(H,21,22)/b10-5-. The van der Waals surface area contributed by atoms with Gasteiger partial charge in [0, 0.05) is 10.5 Å². The summed E-state index contributed by atoms with van der Waals surface area (Å²) in [6.45, 7) is 4.26. The summed E-state index contributed by atoms with van der Waals surface area (Å²) in [5, 5.41) is 2.52. The van der Waals surface area contributed by atoms with Crippen molar-refractivity contribution in [2.75, 3.05) is 5.32 Å². The molecule has 22 heavy (non-hydrogen) atoms. The summed E-state index contributed by atoms with van der Waals surface area (Å²) in [6.07, 6.45) is 3.10. The van der Waals surface area contributed by atoms with Crippen molar-refractivity contribution in [1.82, 2.24) is 0 Å². The van der Waals surface area contributed by atoms with Gasteiger partial charge in [-0.25, -0.2) is 4.39 Å². The average Bonchev–Trinajstić information content (AvgIpc) is 2.48. The number of hydrogen-bond acceptors (Lipinski definition) is 1. The van der Waals surface area contributed by atoms with Gasteiger partial charge in [0.2, 0.25) is 5.91 Å². The van der Waals surface area contributed by atoms with E-state index >= 15 is 0 Å². The summed E-state index contributed by atoms with van der Waals surface area (Å²) in [4.78, 5) is 11.8. The van der Waals surface area contributed by atoms with E-state index in [1.54, 1.807) is 12.1 Å². The van der Waals surface area contributed by atoms with Gasteiger partial charge >= 0.3 is 0 Å². The van der Waals surface area contributed by atoms with Gasteiger partial charge in [0.15, 0.2) is 0 Å². The highest BCUT2D eigenvalue weighted by atomic mass is 79.9. The van der Waals surface area contributed by atoms with Gasteiger partial charge in [0.1, 0.15) is 5.82 Å². The van der Waals surface area contributed by atoms with Crippen molar-refractivity contribution in [2.45, 2.75) is 19.8 Å². The molecule has 1 N–H and O–H groups in total. The minimum absolute atomic E-state index is 0.160. The van der Waals surface area contributed by atoms with E-state index in [2.05, 4.69) is 35.1 Å². The Bertz CT molecular complexity index is 693. The van der Waals surface area contributed by atoms with Crippen LogP contribution in [-0.2, 0) is 4.79 Å². The van der Waals surface area contributed by atoms with E-state index in [1.807, 2.05) is 24.3 Å². The Labute approximate surface area is 138 Å². The molecule has 2 rings (SSSR count). The molecule has 0 radical (unpaired) electrons. The van der Waals surface area contributed by atoms with E-state index in [9.17, 15) is 9.18 Å². The summed E-state index contributed by atoms with van der Waals surface area (Å²) in [6, 6.07) is 12.5. The van der Waals surface area contributed by atoms with Crippen LogP contribution in [0.15, 0.2) is 53.0 Å². The molecule has 0 aliphatic rings. The van der Waals surface area contributed by atoms with Crippen molar-refractivity contribution in [3.63, 3.8) is 0 Å². The third-order valence-electron chi connectivity index (χ3n) is 3.22. The molecule has 114 valence electrons. The highest BCUT2D eigenvalue weighted by Gasteiger charge is 2.05. The predicted octanol–water partition coefficient (Wildman–Crippen LogP) is 5.36. The molecule has 1 amide bonds. The molecule has 0 saturated carbocycles. The first-order valence-electron chi connectivity index (χ1n) is 7.00. The molecule has 0 aliphatic heterocycles. The molecule has 0 bridgehead atoms. The lowest BCUT2D eigenvalue weighted by Crippen LogP contribution is -2.09. The van der Waals surface area contributed by atoms with Crippen molar-refractivity contribution in [2.24, 2.45) is 0 Å². The lowest BCUT2D eigenvalue weighted by atomic mass is 10.0. The predicted molar refractivity (Wildman–Crippen MR) is 92.3 cm³/mol. The number of hydrogen-bond donors (Lipinski definition) is 1. The maximum absolute atomic E-state index is 13.6. The van der Waals surface area contributed by atoms with Crippen LogP contribution < -0.4 is 5.32 Å². The molecule has 0 aromatic heterocycles. The monoisotopic (exact) mass is 361 g/mol. The quantitative estimate of drug-likeness (QED) is 0.729. The normalized spacial score (nSPS) is 11.1. The molecular formula is C18H17BrFNO. The zero-order chi connectivity index (χ0) is 16.1. The van der Waals surface area contributed by atoms with Crippen LogP contribution in [0.2, 0.25) is 0 Å². The van der Waals surface area contributed by atoms with Crippen LogP contribution in [0.3, 0.4) is 0 Å². The van der Waals surface area contributed by atoms with Gasteiger partial charge in [-0.1, -0.05) is 54.0 Å². The Morgan fingerprint density at radius 1 is 1.18 bits per heavy atom. The molecule has 2 aromatic carbocycles. The third kappa shape index (κ3) is 4.53. The van der Waals surface area contributed by atoms with Gasteiger partial charge in [-0.15, -0.1) is 0 Å². The molecule has 0 unspecified atom stereocenters. The van der Waals surface area contributed by atoms with E-state index in [-0.39, 0.29) is 11.6 Å². The number of halogens is 2. The minimum atomic E-state index is -0.475.